The number of benzene rings is 2. The van der Waals surface area contributed by atoms with Gasteiger partial charge in [-0.05, 0) is 42.5 Å². The molecule has 1 aromatic heterocycles. The van der Waals surface area contributed by atoms with E-state index in [1.54, 1.807) is 11.0 Å². The fourth-order valence-corrected chi connectivity index (χ4v) is 3.72. The highest BCUT2D eigenvalue weighted by Crippen LogP contribution is 2.37. The molecule has 5 nitrogen and oxygen atoms in total. The molecule has 26 heavy (non-hydrogen) atoms. The predicted octanol–water partition coefficient (Wildman–Crippen LogP) is 3.96. The molecule has 1 unspecified atom stereocenters. The van der Waals surface area contributed by atoms with Crippen LogP contribution < -0.4 is 0 Å². The van der Waals surface area contributed by atoms with E-state index in [1.807, 2.05) is 0 Å². The Morgan fingerprint density at radius 2 is 2.04 bits per heavy atom. The molecule has 4 rings (SSSR count). The molecular formula is C21H24N4O. The van der Waals surface area contributed by atoms with E-state index in [2.05, 4.69) is 64.4 Å². The van der Waals surface area contributed by atoms with Gasteiger partial charge in [-0.1, -0.05) is 42.5 Å². The van der Waals surface area contributed by atoms with Gasteiger partial charge in [0.25, 0.3) is 0 Å². The number of carbonyl (C=O) groups excluding carboxylic acids is 1. The van der Waals surface area contributed by atoms with Crippen molar-refractivity contribution >= 4 is 16.7 Å². The third-order valence-corrected chi connectivity index (χ3v) is 5.16. The first kappa shape index (κ1) is 16.8. The molecule has 1 aliphatic rings. The third-order valence-electron chi connectivity index (χ3n) is 5.16. The Morgan fingerprint density at radius 3 is 2.81 bits per heavy atom. The van der Waals surface area contributed by atoms with Crippen LogP contribution in [0, 0.1) is 0 Å². The van der Waals surface area contributed by atoms with E-state index in [0.29, 0.717) is 12.5 Å². The molecule has 2 aromatic carbocycles. The number of nitrogens with zero attached hydrogens (tertiary/aromatic N) is 4. The third kappa shape index (κ3) is 3.47. The van der Waals surface area contributed by atoms with Gasteiger partial charge in [0.1, 0.15) is 12.7 Å². The molecule has 0 N–H and O–H groups in total. The summed E-state index contributed by atoms with van der Waals surface area (Å²) in [6, 6.07) is 15.3. The summed E-state index contributed by atoms with van der Waals surface area (Å²) in [5.74, 6) is 0.244. The van der Waals surface area contributed by atoms with Gasteiger partial charge in [0, 0.05) is 19.0 Å². The van der Waals surface area contributed by atoms with Gasteiger partial charge in [0.05, 0.1) is 6.04 Å². The maximum Gasteiger partial charge on any atom is 0.223 e. The van der Waals surface area contributed by atoms with Crippen molar-refractivity contribution in [1.29, 1.82) is 0 Å². The van der Waals surface area contributed by atoms with Gasteiger partial charge in [-0.15, -0.1) is 0 Å². The summed E-state index contributed by atoms with van der Waals surface area (Å²) in [6.07, 6.45) is 6.79. The summed E-state index contributed by atoms with van der Waals surface area (Å²) in [5, 5.41) is 6.57. The standard InChI is InChI=1S/C21H24N4O/c1-16(19-9-4-7-17-6-2-3-8-20(17)19)25(18-11-12-18)21(26)10-5-13-24-15-22-14-23-24/h2-4,6-9,14-16,18H,5,10-13H2,1H3. The number of amides is 1. The van der Waals surface area contributed by atoms with Crippen LogP contribution in [0.4, 0.5) is 0 Å². The molecule has 0 radical (unpaired) electrons. The van der Waals surface area contributed by atoms with Gasteiger partial charge < -0.3 is 4.90 Å². The van der Waals surface area contributed by atoms with Gasteiger partial charge in [-0.3, -0.25) is 9.48 Å². The molecule has 5 heteroatoms. The van der Waals surface area contributed by atoms with Crippen LogP contribution in [0.2, 0.25) is 0 Å². The van der Waals surface area contributed by atoms with Crippen molar-refractivity contribution in [3.63, 3.8) is 0 Å². The summed E-state index contributed by atoms with van der Waals surface area (Å²) in [6.45, 7) is 2.89. The van der Waals surface area contributed by atoms with Crippen molar-refractivity contribution in [2.75, 3.05) is 0 Å². The number of carbonyl (C=O) groups is 1. The maximum absolute atomic E-state index is 13.0. The zero-order valence-electron chi connectivity index (χ0n) is 15.1. The molecule has 1 saturated carbocycles. The second kappa shape index (κ2) is 7.28. The van der Waals surface area contributed by atoms with Crippen molar-refractivity contribution in [2.45, 2.75) is 51.2 Å². The number of hydrogen-bond acceptors (Lipinski definition) is 3. The second-order valence-electron chi connectivity index (χ2n) is 7.04. The molecule has 0 aliphatic heterocycles. The van der Waals surface area contributed by atoms with Crippen LogP contribution >= 0.6 is 0 Å². The highest BCUT2D eigenvalue weighted by molar-refractivity contribution is 5.87. The van der Waals surface area contributed by atoms with Gasteiger partial charge in [-0.2, -0.15) is 5.10 Å². The average Bonchev–Trinajstić information content (AvgIpc) is 3.35. The quantitative estimate of drug-likeness (QED) is 0.649. The zero-order chi connectivity index (χ0) is 17.9. The zero-order valence-corrected chi connectivity index (χ0v) is 15.1. The summed E-state index contributed by atoms with van der Waals surface area (Å²) in [5.41, 5.74) is 1.24. The molecule has 1 aliphatic carbocycles. The molecule has 0 saturated heterocycles. The molecule has 134 valence electrons. The molecule has 0 spiro atoms. The van der Waals surface area contributed by atoms with Crippen molar-refractivity contribution in [2.24, 2.45) is 0 Å². The van der Waals surface area contributed by atoms with Crippen molar-refractivity contribution < 1.29 is 4.79 Å². The van der Waals surface area contributed by atoms with Crippen LogP contribution in [0.15, 0.2) is 55.1 Å². The van der Waals surface area contributed by atoms with Crippen LogP contribution in [0.3, 0.4) is 0 Å². The molecule has 1 heterocycles. The lowest BCUT2D eigenvalue weighted by Crippen LogP contribution is -2.35. The number of aromatic nitrogens is 3. The minimum atomic E-state index is 0.0903. The molecule has 1 fully saturated rings. The first-order chi connectivity index (χ1) is 12.7. The summed E-state index contributed by atoms with van der Waals surface area (Å²) < 4.78 is 1.78. The van der Waals surface area contributed by atoms with Gasteiger partial charge in [0.2, 0.25) is 5.91 Å². The largest absolute Gasteiger partial charge is 0.333 e. The number of hydrogen-bond donors (Lipinski definition) is 0. The van der Waals surface area contributed by atoms with Crippen LogP contribution in [0.1, 0.15) is 44.2 Å². The Kier molecular flexibility index (Phi) is 4.69. The van der Waals surface area contributed by atoms with E-state index < -0.39 is 0 Å². The number of rotatable bonds is 7. The van der Waals surface area contributed by atoms with Crippen LogP contribution in [-0.4, -0.2) is 31.6 Å². The van der Waals surface area contributed by atoms with Crippen molar-refractivity contribution in [3.8, 4) is 0 Å². The lowest BCUT2D eigenvalue weighted by atomic mass is 9.98. The summed E-state index contributed by atoms with van der Waals surface area (Å²) in [7, 11) is 0. The fourth-order valence-electron chi connectivity index (χ4n) is 3.72. The SMILES string of the molecule is CC(c1cccc2ccccc12)N(C(=O)CCCn1cncn1)C1CC1. The topological polar surface area (TPSA) is 51.0 Å². The van der Waals surface area contributed by atoms with Gasteiger partial charge in [-0.25, -0.2) is 4.98 Å². The first-order valence-corrected chi connectivity index (χ1v) is 9.35. The van der Waals surface area contributed by atoms with Gasteiger partial charge >= 0.3 is 0 Å². The predicted molar refractivity (Wildman–Crippen MR) is 101 cm³/mol. The van der Waals surface area contributed by atoms with Gasteiger partial charge in [0.15, 0.2) is 0 Å². The van der Waals surface area contributed by atoms with E-state index in [9.17, 15) is 4.79 Å². The Labute approximate surface area is 153 Å². The Bertz CT molecular complexity index is 881. The highest BCUT2D eigenvalue weighted by atomic mass is 16.2. The number of fused-ring (bicyclic) bond motifs is 1. The summed E-state index contributed by atoms with van der Waals surface area (Å²) >= 11 is 0. The minimum Gasteiger partial charge on any atom is -0.333 e. The fraction of sp³-hybridized carbons (Fsp3) is 0.381. The Hall–Kier alpha value is -2.69. The monoisotopic (exact) mass is 348 g/mol. The molecule has 1 atom stereocenters. The van der Waals surface area contributed by atoms with E-state index in [4.69, 9.17) is 0 Å². The smallest absolute Gasteiger partial charge is 0.223 e. The average molecular weight is 348 g/mol. The molecule has 3 aromatic rings. The lowest BCUT2D eigenvalue weighted by molar-refractivity contribution is -0.134. The normalized spacial score (nSPS) is 15.1. The van der Waals surface area contributed by atoms with E-state index >= 15 is 0 Å². The second-order valence-corrected chi connectivity index (χ2v) is 7.04. The van der Waals surface area contributed by atoms with E-state index in [0.717, 1.165) is 25.8 Å². The van der Waals surface area contributed by atoms with Crippen molar-refractivity contribution in [3.05, 3.63) is 60.7 Å². The van der Waals surface area contributed by atoms with Crippen LogP contribution in [0.5, 0.6) is 0 Å². The Morgan fingerprint density at radius 1 is 1.23 bits per heavy atom. The van der Waals surface area contributed by atoms with Crippen LogP contribution in [-0.2, 0) is 11.3 Å². The van der Waals surface area contributed by atoms with E-state index in [-0.39, 0.29) is 11.9 Å². The summed E-state index contributed by atoms with van der Waals surface area (Å²) in [4.78, 5) is 19.0. The minimum absolute atomic E-state index is 0.0903. The molecule has 1 amide bonds. The first-order valence-electron chi connectivity index (χ1n) is 9.35. The van der Waals surface area contributed by atoms with E-state index in [1.165, 1.54) is 22.7 Å². The highest BCUT2D eigenvalue weighted by Gasteiger charge is 2.36. The Balaban J connectivity index is 1.51. The molecule has 0 bridgehead atoms. The number of aryl methyl sites for hydroxylation is 1. The maximum atomic E-state index is 13.0. The van der Waals surface area contributed by atoms with Crippen LogP contribution in [0.25, 0.3) is 10.8 Å². The lowest BCUT2D eigenvalue weighted by Gasteiger charge is -2.31. The molecular weight excluding hydrogens is 324 g/mol. The van der Waals surface area contributed by atoms with Crippen molar-refractivity contribution in [1.82, 2.24) is 19.7 Å².